The maximum absolute atomic E-state index is 4.83. The summed E-state index contributed by atoms with van der Waals surface area (Å²) >= 11 is 3.75. The average molecular weight is 495 g/mol. The smallest absolute Gasteiger partial charge is 0.116 e. The summed E-state index contributed by atoms with van der Waals surface area (Å²) in [5.74, 6) is 0.639. The van der Waals surface area contributed by atoms with Crippen molar-refractivity contribution >= 4 is 63.8 Å². The van der Waals surface area contributed by atoms with Gasteiger partial charge in [0.15, 0.2) is 0 Å². The molecule has 0 spiro atoms. The summed E-state index contributed by atoms with van der Waals surface area (Å²) in [5.41, 5.74) is 6.17. The Bertz CT molecular complexity index is 1750. The molecule has 0 bridgehead atoms. The van der Waals surface area contributed by atoms with Crippen molar-refractivity contribution in [1.82, 2.24) is 9.97 Å². The first-order valence-corrected chi connectivity index (χ1v) is 14.0. The summed E-state index contributed by atoms with van der Waals surface area (Å²) in [5, 5.41) is 5.23. The first-order chi connectivity index (χ1) is 16.7. The summed E-state index contributed by atoms with van der Waals surface area (Å²) in [6, 6.07) is 18.1. The minimum absolute atomic E-state index is 0.0387. The number of hydrogen-bond donors (Lipinski definition) is 0. The largest absolute Gasteiger partial charge is 0.235 e. The maximum atomic E-state index is 4.83. The molecule has 0 aliphatic rings. The van der Waals surface area contributed by atoms with Gasteiger partial charge >= 0.3 is 0 Å². The SMILES string of the molecule is Cc1sc2cc3sc4c(-c5cc(C(C)(C)C)c6ccccc6c5)ncnc4c3cc2c1CC(C)C. The van der Waals surface area contributed by atoms with E-state index in [1.54, 1.807) is 6.33 Å². The van der Waals surface area contributed by atoms with Crippen LogP contribution in [0.4, 0.5) is 0 Å². The highest BCUT2D eigenvalue weighted by molar-refractivity contribution is 7.26. The first kappa shape index (κ1) is 22.6. The molecular weight excluding hydrogens is 464 g/mol. The quantitative estimate of drug-likeness (QED) is 0.245. The van der Waals surface area contributed by atoms with Gasteiger partial charge < -0.3 is 0 Å². The molecule has 176 valence electrons. The Labute approximate surface area is 214 Å². The fourth-order valence-corrected chi connectivity index (χ4v) is 7.65. The normalized spacial score (nSPS) is 12.7. The molecule has 0 N–H and O–H groups in total. The summed E-state index contributed by atoms with van der Waals surface area (Å²) in [6.07, 6.45) is 2.86. The third kappa shape index (κ3) is 3.75. The van der Waals surface area contributed by atoms with E-state index in [2.05, 4.69) is 90.1 Å². The molecule has 0 atom stereocenters. The van der Waals surface area contributed by atoms with E-state index in [9.17, 15) is 0 Å². The van der Waals surface area contributed by atoms with Gasteiger partial charge in [-0.05, 0) is 76.2 Å². The van der Waals surface area contributed by atoms with Crippen LogP contribution in [0.3, 0.4) is 0 Å². The van der Waals surface area contributed by atoms with Gasteiger partial charge in [0.25, 0.3) is 0 Å². The van der Waals surface area contributed by atoms with E-state index in [1.807, 2.05) is 22.7 Å². The van der Waals surface area contributed by atoms with Crippen LogP contribution < -0.4 is 0 Å². The molecule has 2 nitrogen and oxygen atoms in total. The van der Waals surface area contributed by atoms with Crippen LogP contribution in [-0.2, 0) is 11.8 Å². The minimum Gasteiger partial charge on any atom is -0.235 e. The van der Waals surface area contributed by atoms with Crippen molar-refractivity contribution in [3.8, 4) is 11.3 Å². The van der Waals surface area contributed by atoms with Gasteiger partial charge in [-0.3, -0.25) is 0 Å². The Morgan fingerprint density at radius 3 is 2.40 bits per heavy atom. The zero-order chi connectivity index (χ0) is 24.5. The van der Waals surface area contributed by atoms with Crippen molar-refractivity contribution in [1.29, 1.82) is 0 Å². The van der Waals surface area contributed by atoms with E-state index in [0.29, 0.717) is 5.92 Å². The number of thiophene rings is 2. The highest BCUT2D eigenvalue weighted by Crippen LogP contribution is 2.43. The van der Waals surface area contributed by atoms with E-state index in [4.69, 9.17) is 9.97 Å². The molecular formula is C31H30N2S2. The molecule has 0 aliphatic carbocycles. The summed E-state index contributed by atoms with van der Waals surface area (Å²) in [4.78, 5) is 11.1. The molecule has 4 heteroatoms. The summed E-state index contributed by atoms with van der Waals surface area (Å²) in [6.45, 7) is 13.7. The molecule has 0 saturated heterocycles. The van der Waals surface area contributed by atoms with E-state index in [-0.39, 0.29) is 5.41 Å². The second-order valence-electron chi connectivity index (χ2n) is 11.1. The number of rotatable bonds is 3. The second kappa shape index (κ2) is 8.11. The highest BCUT2D eigenvalue weighted by atomic mass is 32.1. The van der Waals surface area contributed by atoms with Gasteiger partial charge in [-0.25, -0.2) is 9.97 Å². The Morgan fingerprint density at radius 1 is 0.857 bits per heavy atom. The number of benzene rings is 3. The van der Waals surface area contributed by atoms with Gasteiger partial charge in [-0.1, -0.05) is 58.9 Å². The lowest BCUT2D eigenvalue weighted by Gasteiger charge is -2.22. The van der Waals surface area contributed by atoms with Crippen LogP contribution >= 0.6 is 22.7 Å². The predicted octanol–water partition coefficient (Wildman–Crippen LogP) is 9.68. The van der Waals surface area contributed by atoms with Gasteiger partial charge in [0.05, 0.1) is 15.9 Å². The Balaban J connectivity index is 1.62. The number of nitrogens with zero attached hydrogens (tertiary/aromatic N) is 2. The Hall–Kier alpha value is -2.82. The standard InChI is InChI=1S/C31H30N2S2/c1-17(2)11-22-18(3)34-26-15-27-24(14-23(22)26)29-30(35-27)28(32-16-33-29)20-12-19-9-7-8-10-21(19)25(13-20)31(4,5)6/h7-10,12-17H,11H2,1-6H3. The zero-order valence-electron chi connectivity index (χ0n) is 21.2. The van der Waals surface area contributed by atoms with Crippen LogP contribution in [-0.4, -0.2) is 9.97 Å². The van der Waals surface area contributed by atoms with Crippen molar-refractivity contribution in [2.24, 2.45) is 5.92 Å². The zero-order valence-corrected chi connectivity index (χ0v) is 22.8. The Morgan fingerprint density at radius 2 is 1.63 bits per heavy atom. The monoisotopic (exact) mass is 494 g/mol. The van der Waals surface area contributed by atoms with Crippen molar-refractivity contribution in [3.63, 3.8) is 0 Å². The van der Waals surface area contributed by atoms with Crippen molar-refractivity contribution in [3.05, 3.63) is 70.9 Å². The van der Waals surface area contributed by atoms with Crippen LogP contribution in [0.15, 0.2) is 54.9 Å². The van der Waals surface area contributed by atoms with Crippen molar-refractivity contribution in [2.45, 2.75) is 53.4 Å². The maximum Gasteiger partial charge on any atom is 0.116 e. The summed E-state index contributed by atoms with van der Waals surface area (Å²) < 4.78 is 3.85. The molecule has 3 aromatic heterocycles. The topological polar surface area (TPSA) is 25.8 Å². The molecule has 0 unspecified atom stereocenters. The molecule has 3 aromatic carbocycles. The van der Waals surface area contributed by atoms with E-state index in [1.165, 1.54) is 57.2 Å². The molecule has 0 amide bonds. The molecule has 0 aliphatic heterocycles. The lowest BCUT2D eigenvalue weighted by atomic mass is 9.82. The molecule has 0 fully saturated rings. The van der Waals surface area contributed by atoms with Gasteiger partial charge in [0, 0.05) is 25.2 Å². The molecule has 0 saturated carbocycles. The third-order valence-electron chi connectivity index (χ3n) is 6.92. The number of aromatic nitrogens is 2. The highest BCUT2D eigenvalue weighted by Gasteiger charge is 2.21. The Kier molecular flexibility index (Phi) is 5.24. The predicted molar refractivity (Wildman–Crippen MR) is 155 cm³/mol. The second-order valence-corrected chi connectivity index (χ2v) is 13.4. The van der Waals surface area contributed by atoms with Crippen molar-refractivity contribution in [2.75, 3.05) is 0 Å². The third-order valence-corrected chi connectivity index (χ3v) is 9.18. The van der Waals surface area contributed by atoms with E-state index >= 15 is 0 Å². The van der Waals surface area contributed by atoms with E-state index < -0.39 is 0 Å². The van der Waals surface area contributed by atoms with Crippen LogP contribution in [0.25, 0.3) is 52.4 Å². The summed E-state index contributed by atoms with van der Waals surface area (Å²) in [7, 11) is 0. The fraction of sp³-hybridized carbons (Fsp3) is 0.290. The van der Waals surface area contributed by atoms with Crippen LogP contribution in [0.5, 0.6) is 0 Å². The molecule has 35 heavy (non-hydrogen) atoms. The van der Waals surface area contributed by atoms with Gasteiger partial charge in [-0.15, -0.1) is 22.7 Å². The van der Waals surface area contributed by atoms with Crippen molar-refractivity contribution < 1.29 is 0 Å². The molecule has 6 aromatic rings. The molecule has 0 radical (unpaired) electrons. The van der Waals surface area contributed by atoms with Gasteiger partial charge in [0.2, 0.25) is 0 Å². The number of hydrogen-bond acceptors (Lipinski definition) is 4. The van der Waals surface area contributed by atoms with Gasteiger partial charge in [0.1, 0.15) is 6.33 Å². The average Bonchev–Trinajstić information content (AvgIpc) is 3.32. The molecule has 6 rings (SSSR count). The lowest BCUT2D eigenvalue weighted by molar-refractivity contribution is 0.596. The number of aryl methyl sites for hydroxylation is 1. The van der Waals surface area contributed by atoms with Crippen LogP contribution in [0, 0.1) is 12.8 Å². The molecule has 3 heterocycles. The lowest BCUT2D eigenvalue weighted by Crippen LogP contribution is -2.12. The van der Waals surface area contributed by atoms with Crippen LogP contribution in [0.1, 0.15) is 50.6 Å². The first-order valence-electron chi connectivity index (χ1n) is 12.3. The fourth-order valence-electron chi connectivity index (χ4n) is 5.27. The van der Waals surface area contributed by atoms with Gasteiger partial charge in [-0.2, -0.15) is 0 Å². The number of fused-ring (bicyclic) bond motifs is 5. The van der Waals surface area contributed by atoms with Crippen LogP contribution in [0.2, 0.25) is 0 Å². The minimum atomic E-state index is 0.0387. The van der Waals surface area contributed by atoms with E-state index in [0.717, 1.165) is 17.6 Å².